The minimum Gasteiger partial charge on any atom is -0.361 e. The number of nitrogens with one attached hydrogen (secondary N) is 1. The van der Waals surface area contributed by atoms with E-state index in [1.165, 1.54) is 12.3 Å². The van der Waals surface area contributed by atoms with Crippen molar-refractivity contribution in [3.8, 4) is 0 Å². The molecule has 0 spiro atoms. The molecule has 116 valence electrons. The fraction of sp³-hybridized carbons (Fsp3) is 0.385. The third kappa shape index (κ3) is 2.77. The molecule has 0 fully saturated rings. The summed E-state index contributed by atoms with van der Waals surface area (Å²) in [6.45, 7) is 3.67. The Labute approximate surface area is 120 Å². The molecule has 21 heavy (non-hydrogen) atoms. The van der Waals surface area contributed by atoms with Crippen LogP contribution in [0.2, 0.25) is 0 Å². The first-order valence-corrected chi connectivity index (χ1v) is 7.84. The van der Waals surface area contributed by atoms with Crippen LogP contribution in [0.1, 0.15) is 19.4 Å². The molecule has 2 aromatic rings. The number of alkyl halides is 3. The predicted molar refractivity (Wildman–Crippen MR) is 73.4 cm³/mol. The van der Waals surface area contributed by atoms with E-state index in [1.54, 1.807) is 13.8 Å². The van der Waals surface area contributed by atoms with Crippen LogP contribution >= 0.6 is 0 Å². The number of sulfonamides is 1. The average molecular weight is 320 g/mol. The molecule has 0 aliphatic carbocycles. The Morgan fingerprint density at radius 3 is 2.33 bits per heavy atom. The van der Waals surface area contributed by atoms with Crippen LogP contribution in [0.15, 0.2) is 29.3 Å². The van der Waals surface area contributed by atoms with Crippen LogP contribution in [0.3, 0.4) is 0 Å². The molecule has 0 radical (unpaired) electrons. The summed E-state index contributed by atoms with van der Waals surface area (Å²) in [7, 11) is -3.97. The van der Waals surface area contributed by atoms with Gasteiger partial charge in [0.1, 0.15) is 0 Å². The molecular formula is C13H15F3N2O2S. The summed E-state index contributed by atoms with van der Waals surface area (Å²) in [6.07, 6.45) is -3.18. The summed E-state index contributed by atoms with van der Waals surface area (Å²) in [6, 6.07) is 3.08. The van der Waals surface area contributed by atoms with Gasteiger partial charge in [0, 0.05) is 30.2 Å². The van der Waals surface area contributed by atoms with Crippen LogP contribution in [0.4, 0.5) is 13.2 Å². The van der Waals surface area contributed by atoms with Gasteiger partial charge in [-0.2, -0.15) is 17.5 Å². The van der Waals surface area contributed by atoms with Crippen molar-refractivity contribution in [2.45, 2.75) is 24.9 Å². The number of hydrogen-bond donors (Lipinski definition) is 1. The summed E-state index contributed by atoms with van der Waals surface area (Å²) >= 11 is 0. The van der Waals surface area contributed by atoms with Gasteiger partial charge in [0.15, 0.2) is 0 Å². The minimum atomic E-state index is -4.60. The monoisotopic (exact) mass is 320 g/mol. The standard InChI is InChI=1S/C13H15F3N2O2S/c1-3-18(4-2)21(19,20)12-8-9(13(14,15)16)7-11-10(12)5-6-17-11/h5-8,17H,3-4H2,1-2H3. The highest BCUT2D eigenvalue weighted by atomic mass is 32.2. The molecule has 0 aliphatic heterocycles. The van der Waals surface area contributed by atoms with Crippen LogP contribution in [0, 0.1) is 0 Å². The first-order chi connectivity index (χ1) is 9.71. The van der Waals surface area contributed by atoms with E-state index < -0.39 is 21.8 Å². The molecule has 8 heteroatoms. The van der Waals surface area contributed by atoms with E-state index in [0.29, 0.717) is 6.07 Å². The van der Waals surface area contributed by atoms with E-state index in [1.807, 2.05) is 0 Å². The number of benzene rings is 1. The van der Waals surface area contributed by atoms with Gasteiger partial charge >= 0.3 is 6.18 Å². The maximum absolute atomic E-state index is 12.9. The molecule has 1 heterocycles. The van der Waals surface area contributed by atoms with Crippen molar-refractivity contribution in [2.24, 2.45) is 0 Å². The molecule has 2 rings (SSSR count). The number of H-pyrrole nitrogens is 1. The van der Waals surface area contributed by atoms with Crippen molar-refractivity contribution in [1.82, 2.24) is 9.29 Å². The number of fused-ring (bicyclic) bond motifs is 1. The molecule has 1 aromatic heterocycles. The fourth-order valence-corrected chi connectivity index (χ4v) is 3.90. The lowest BCUT2D eigenvalue weighted by atomic mass is 10.1. The van der Waals surface area contributed by atoms with Crippen molar-refractivity contribution in [1.29, 1.82) is 0 Å². The number of nitrogens with zero attached hydrogens (tertiary/aromatic N) is 1. The van der Waals surface area contributed by atoms with Gasteiger partial charge in [0.25, 0.3) is 0 Å². The Balaban J connectivity index is 2.76. The topological polar surface area (TPSA) is 53.2 Å². The highest BCUT2D eigenvalue weighted by Crippen LogP contribution is 2.35. The van der Waals surface area contributed by atoms with Crippen LogP contribution in [0.5, 0.6) is 0 Å². The van der Waals surface area contributed by atoms with Gasteiger partial charge in [-0.15, -0.1) is 0 Å². The minimum absolute atomic E-state index is 0.149. The second-order valence-corrected chi connectivity index (χ2v) is 6.41. The number of rotatable bonds is 4. The lowest BCUT2D eigenvalue weighted by Crippen LogP contribution is -2.31. The predicted octanol–water partition coefficient (Wildman–Crippen LogP) is 3.22. The summed E-state index contributed by atoms with van der Waals surface area (Å²) in [5, 5.41) is 0.259. The quantitative estimate of drug-likeness (QED) is 0.940. The summed E-state index contributed by atoms with van der Waals surface area (Å²) in [5.74, 6) is 0. The Hall–Kier alpha value is -1.54. The zero-order chi connectivity index (χ0) is 15.8. The summed E-state index contributed by atoms with van der Waals surface area (Å²) in [5.41, 5.74) is -0.835. The van der Waals surface area contributed by atoms with Crippen molar-refractivity contribution in [3.05, 3.63) is 30.0 Å². The molecule has 0 saturated heterocycles. The molecule has 0 unspecified atom stereocenters. The van der Waals surface area contributed by atoms with Crippen LogP contribution < -0.4 is 0 Å². The smallest absolute Gasteiger partial charge is 0.361 e. The third-order valence-electron chi connectivity index (χ3n) is 3.28. The largest absolute Gasteiger partial charge is 0.416 e. The zero-order valence-electron chi connectivity index (χ0n) is 11.5. The lowest BCUT2D eigenvalue weighted by molar-refractivity contribution is -0.137. The van der Waals surface area contributed by atoms with Gasteiger partial charge in [-0.1, -0.05) is 13.8 Å². The number of aromatic nitrogens is 1. The molecule has 0 bridgehead atoms. The molecule has 1 aromatic carbocycles. The first-order valence-electron chi connectivity index (χ1n) is 6.40. The number of halogens is 3. The Morgan fingerprint density at radius 2 is 1.81 bits per heavy atom. The van der Waals surface area contributed by atoms with E-state index in [4.69, 9.17) is 0 Å². The molecule has 0 saturated carbocycles. The third-order valence-corrected chi connectivity index (χ3v) is 5.37. The number of hydrogen-bond acceptors (Lipinski definition) is 2. The van der Waals surface area contributed by atoms with Gasteiger partial charge in [0.05, 0.1) is 10.5 Å². The SMILES string of the molecule is CCN(CC)S(=O)(=O)c1cc(C(F)(F)F)cc2[nH]ccc12. The second-order valence-electron chi connectivity index (χ2n) is 4.50. The Bertz CT molecular complexity index is 746. The van der Waals surface area contributed by atoms with Gasteiger partial charge in [-0.05, 0) is 18.2 Å². The fourth-order valence-electron chi connectivity index (χ4n) is 2.21. The summed E-state index contributed by atoms with van der Waals surface area (Å²) in [4.78, 5) is 2.31. The van der Waals surface area contributed by atoms with Gasteiger partial charge < -0.3 is 4.98 Å². The van der Waals surface area contributed by atoms with Crippen molar-refractivity contribution >= 4 is 20.9 Å². The highest BCUT2D eigenvalue weighted by molar-refractivity contribution is 7.89. The van der Waals surface area contributed by atoms with E-state index >= 15 is 0 Å². The lowest BCUT2D eigenvalue weighted by Gasteiger charge is -2.20. The Kier molecular flexibility index (Phi) is 4.03. The van der Waals surface area contributed by atoms with E-state index in [9.17, 15) is 21.6 Å². The zero-order valence-corrected chi connectivity index (χ0v) is 12.3. The van der Waals surface area contributed by atoms with E-state index in [-0.39, 0.29) is 28.9 Å². The van der Waals surface area contributed by atoms with Gasteiger partial charge in [-0.25, -0.2) is 8.42 Å². The van der Waals surface area contributed by atoms with Crippen molar-refractivity contribution < 1.29 is 21.6 Å². The van der Waals surface area contributed by atoms with Crippen molar-refractivity contribution in [2.75, 3.05) is 13.1 Å². The molecule has 0 atom stereocenters. The molecule has 0 aliphatic rings. The average Bonchev–Trinajstić information content (AvgIpc) is 2.85. The van der Waals surface area contributed by atoms with Crippen LogP contribution in [0.25, 0.3) is 10.9 Å². The summed E-state index contributed by atoms with van der Waals surface area (Å²) < 4.78 is 65.0. The molecule has 4 nitrogen and oxygen atoms in total. The Morgan fingerprint density at radius 1 is 1.19 bits per heavy atom. The second kappa shape index (κ2) is 5.34. The van der Waals surface area contributed by atoms with Gasteiger partial charge in [0.2, 0.25) is 10.0 Å². The number of aromatic amines is 1. The van der Waals surface area contributed by atoms with Crippen LogP contribution in [-0.4, -0.2) is 30.8 Å². The maximum Gasteiger partial charge on any atom is 0.416 e. The molecular weight excluding hydrogens is 305 g/mol. The van der Waals surface area contributed by atoms with E-state index in [2.05, 4.69) is 4.98 Å². The van der Waals surface area contributed by atoms with Gasteiger partial charge in [-0.3, -0.25) is 0 Å². The maximum atomic E-state index is 12.9. The van der Waals surface area contributed by atoms with Crippen molar-refractivity contribution in [3.63, 3.8) is 0 Å². The highest BCUT2D eigenvalue weighted by Gasteiger charge is 2.34. The first kappa shape index (κ1) is 15.8. The van der Waals surface area contributed by atoms with E-state index in [0.717, 1.165) is 10.4 Å². The molecule has 1 N–H and O–H groups in total. The normalized spacial score (nSPS) is 13.2. The molecule has 0 amide bonds. The van der Waals surface area contributed by atoms with Crippen LogP contribution in [-0.2, 0) is 16.2 Å².